The van der Waals surface area contributed by atoms with Crippen molar-refractivity contribution in [3.05, 3.63) is 17.3 Å². The van der Waals surface area contributed by atoms with Crippen LogP contribution in [0.15, 0.2) is 6.07 Å². The molecule has 0 unspecified atom stereocenters. The van der Waals surface area contributed by atoms with Crippen molar-refractivity contribution >= 4 is 11.5 Å². The number of aromatic nitrogens is 1. The molecule has 0 aliphatic carbocycles. The number of aryl methyl sites for hydroxylation is 2. The van der Waals surface area contributed by atoms with Crippen molar-refractivity contribution in [2.45, 2.75) is 13.8 Å². The van der Waals surface area contributed by atoms with Crippen molar-refractivity contribution < 1.29 is 0 Å². The van der Waals surface area contributed by atoms with Gasteiger partial charge in [-0.05, 0) is 25.5 Å². The number of hydrogen-bond acceptors (Lipinski definition) is 3. The van der Waals surface area contributed by atoms with Crippen LogP contribution in [0.1, 0.15) is 11.3 Å². The fourth-order valence-corrected chi connectivity index (χ4v) is 0.745. The molecule has 0 bridgehead atoms. The van der Waals surface area contributed by atoms with Crippen LogP contribution in [0.3, 0.4) is 0 Å². The summed E-state index contributed by atoms with van der Waals surface area (Å²) in [6.45, 7) is 3.86. The Bertz CT molecular complexity index is 205. The fraction of sp³-hybridized carbons (Fsp3) is 0.286. The van der Waals surface area contributed by atoms with Crippen LogP contribution in [0.25, 0.3) is 0 Å². The number of rotatable bonds is 0. The maximum atomic E-state index is 5.50. The molecular formula is C7H11N3. The third-order valence-corrected chi connectivity index (χ3v) is 1.53. The van der Waals surface area contributed by atoms with Crippen LogP contribution in [-0.4, -0.2) is 4.98 Å². The highest BCUT2D eigenvalue weighted by atomic mass is 14.9. The third kappa shape index (κ3) is 1.03. The van der Waals surface area contributed by atoms with Gasteiger partial charge in [-0.25, -0.2) is 4.98 Å². The minimum absolute atomic E-state index is 0.420. The molecule has 1 heterocycles. The van der Waals surface area contributed by atoms with Crippen LogP contribution in [0.4, 0.5) is 11.5 Å². The molecule has 0 radical (unpaired) electrons. The topological polar surface area (TPSA) is 64.9 Å². The first-order valence-electron chi connectivity index (χ1n) is 3.10. The second-order valence-electron chi connectivity index (χ2n) is 2.37. The van der Waals surface area contributed by atoms with Crippen molar-refractivity contribution in [2.24, 2.45) is 0 Å². The van der Waals surface area contributed by atoms with Crippen molar-refractivity contribution in [3.8, 4) is 0 Å². The van der Waals surface area contributed by atoms with Gasteiger partial charge >= 0.3 is 0 Å². The van der Waals surface area contributed by atoms with Gasteiger partial charge in [-0.15, -0.1) is 0 Å². The second kappa shape index (κ2) is 2.17. The molecule has 0 atom stereocenters. The Balaban J connectivity index is 3.28. The van der Waals surface area contributed by atoms with E-state index in [4.69, 9.17) is 11.5 Å². The summed E-state index contributed by atoms with van der Waals surface area (Å²) in [6.07, 6.45) is 0. The molecule has 1 aromatic rings. The first-order valence-corrected chi connectivity index (χ1v) is 3.10. The first kappa shape index (κ1) is 6.86. The summed E-state index contributed by atoms with van der Waals surface area (Å²) in [4.78, 5) is 4.03. The van der Waals surface area contributed by atoms with Crippen molar-refractivity contribution in [1.82, 2.24) is 4.98 Å². The molecule has 0 spiro atoms. The summed E-state index contributed by atoms with van der Waals surface area (Å²) in [5, 5.41) is 0. The summed E-state index contributed by atoms with van der Waals surface area (Å²) in [5.41, 5.74) is 13.5. The third-order valence-electron chi connectivity index (χ3n) is 1.53. The minimum Gasteiger partial charge on any atom is -0.396 e. The lowest BCUT2D eigenvalue weighted by Gasteiger charge is -2.02. The Labute approximate surface area is 60.1 Å². The van der Waals surface area contributed by atoms with Gasteiger partial charge < -0.3 is 11.5 Å². The van der Waals surface area contributed by atoms with Gasteiger partial charge in [0.15, 0.2) is 0 Å². The van der Waals surface area contributed by atoms with E-state index in [9.17, 15) is 0 Å². The van der Waals surface area contributed by atoms with E-state index in [1.165, 1.54) is 0 Å². The SMILES string of the molecule is Cc1cc(N)c(N)nc1C. The second-order valence-corrected chi connectivity index (χ2v) is 2.37. The average Bonchev–Trinajstić information content (AvgIpc) is 1.84. The minimum atomic E-state index is 0.420. The Kier molecular flexibility index (Phi) is 1.49. The van der Waals surface area contributed by atoms with E-state index in [-0.39, 0.29) is 0 Å². The van der Waals surface area contributed by atoms with Gasteiger partial charge in [0.2, 0.25) is 0 Å². The number of anilines is 2. The molecule has 3 heteroatoms. The Morgan fingerprint density at radius 1 is 1.30 bits per heavy atom. The van der Waals surface area contributed by atoms with E-state index in [1.807, 2.05) is 19.9 Å². The highest BCUT2D eigenvalue weighted by molar-refractivity contribution is 5.59. The maximum absolute atomic E-state index is 5.50. The normalized spacial score (nSPS) is 9.80. The van der Waals surface area contributed by atoms with Gasteiger partial charge in [0.05, 0.1) is 5.69 Å². The molecule has 4 N–H and O–H groups in total. The molecule has 0 amide bonds. The zero-order chi connectivity index (χ0) is 7.72. The number of nitrogens with two attached hydrogens (primary N) is 2. The Morgan fingerprint density at radius 3 is 2.40 bits per heavy atom. The van der Waals surface area contributed by atoms with Crippen LogP contribution in [-0.2, 0) is 0 Å². The van der Waals surface area contributed by atoms with E-state index >= 15 is 0 Å². The lowest BCUT2D eigenvalue weighted by molar-refractivity contribution is 1.16. The molecular weight excluding hydrogens is 126 g/mol. The number of hydrogen-bond donors (Lipinski definition) is 2. The molecule has 0 saturated heterocycles. The van der Waals surface area contributed by atoms with Crippen LogP contribution in [0, 0.1) is 13.8 Å². The molecule has 0 aliphatic rings. The largest absolute Gasteiger partial charge is 0.396 e. The summed E-state index contributed by atoms with van der Waals surface area (Å²) in [5.74, 6) is 0.420. The lowest BCUT2D eigenvalue weighted by atomic mass is 10.2. The smallest absolute Gasteiger partial charge is 0.146 e. The molecule has 1 aromatic heterocycles. The van der Waals surface area contributed by atoms with Crippen molar-refractivity contribution in [2.75, 3.05) is 11.5 Å². The molecule has 3 nitrogen and oxygen atoms in total. The Hall–Kier alpha value is -1.25. The number of nitrogen functional groups attached to an aromatic ring is 2. The predicted molar refractivity (Wildman–Crippen MR) is 42.5 cm³/mol. The first-order chi connectivity index (χ1) is 4.61. The van der Waals surface area contributed by atoms with Gasteiger partial charge in [-0.3, -0.25) is 0 Å². The van der Waals surface area contributed by atoms with Gasteiger partial charge in [0.1, 0.15) is 5.82 Å². The predicted octanol–water partition coefficient (Wildman–Crippen LogP) is 0.863. The average molecular weight is 137 g/mol. The summed E-state index contributed by atoms with van der Waals surface area (Å²) < 4.78 is 0. The molecule has 10 heavy (non-hydrogen) atoms. The number of pyridine rings is 1. The zero-order valence-electron chi connectivity index (χ0n) is 6.18. The molecule has 0 fully saturated rings. The monoisotopic (exact) mass is 137 g/mol. The van der Waals surface area contributed by atoms with Crippen LogP contribution in [0.2, 0.25) is 0 Å². The van der Waals surface area contributed by atoms with E-state index in [0.717, 1.165) is 11.3 Å². The van der Waals surface area contributed by atoms with Crippen molar-refractivity contribution in [1.29, 1.82) is 0 Å². The van der Waals surface area contributed by atoms with Crippen molar-refractivity contribution in [3.63, 3.8) is 0 Å². The highest BCUT2D eigenvalue weighted by Crippen LogP contribution is 2.14. The zero-order valence-corrected chi connectivity index (χ0v) is 6.18. The van der Waals surface area contributed by atoms with E-state index < -0.39 is 0 Å². The van der Waals surface area contributed by atoms with Crippen LogP contribution >= 0.6 is 0 Å². The van der Waals surface area contributed by atoms with E-state index in [2.05, 4.69) is 4.98 Å². The molecule has 0 saturated carbocycles. The maximum Gasteiger partial charge on any atom is 0.146 e. The number of nitrogens with zero attached hydrogens (tertiary/aromatic N) is 1. The van der Waals surface area contributed by atoms with Gasteiger partial charge in [0, 0.05) is 5.69 Å². The van der Waals surface area contributed by atoms with Gasteiger partial charge in [0.25, 0.3) is 0 Å². The molecule has 0 aliphatic heterocycles. The standard InChI is InChI=1S/C7H11N3/c1-4-3-6(8)7(9)10-5(4)2/h3H,8H2,1-2H3,(H2,9,10). The lowest BCUT2D eigenvalue weighted by Crippen LogP contribution is -2.00. The highest BCUT2D eigenvalue weighted by Gasteiger charge is 1.98. The van der Waals surface area contributed by atoms with Gasteiger partial charge in [-0.2, -0.15) is 0 Å². The van der Waals surface area contributed by atoms with Gasteiger partial charge in [-0.1, -0.05) is 0 Å². The Morgan fingerprint density at radius 2 is 1.90 bits per heavy atom. The van der Waals surface area contributed by atoms with Crippen LogP contribution in [0.5, 0.6) is 0 Å². The van der Waals surface area contributed by atoms with E-state index in [0.29, 0.717) is 11.5 Å². The van der Waals surface area contributed by atoms with E-state index in [1.54, 1.807) is 0 Å². The molecule has 54 valence electrons. The quantitative estimate of drug-likeness (QED) is 0.557. The molecule has 0 aromatic carbocycles. The summed E-state index contributed by atoms with van der Waals surface area (Å²) in [7, 11) is 0. The summed E-state index contributed by atoms with van der Waals surface area (Å²) in [6, 6.07) is 1.83. The molecule has 1 rings (SSSR count). The summed E-state index contributed by atoms with van der Waals surface area (Å²) >= 11 is 0. The fourth-order valence-electron chi connectivity index (χ4n) is 0.745. The van der Waals surface area contributed by atoms with Crippen LogP contribution < -0.4 is 11.5 Å².